The van der Waals surface area contributed by atoms with E-state index in [2.05, 4.69) is 0 Å². The van der Waals surface area contributed by atoms with Gasteiger partial charge >= 0.3 is 11.9 Å². The highest BCUT2D eigenvalue weighted by Crippen LogP contribution is 2.51. The van der Waals surface area contributed by atoms with Crippen LogP contribution in [0, 0.1) is 17.6 Å². The van der Waals surface area contributed by atoms with Crippen molar-refractivity contribution in [3.63, 3.8) is 0 Å². The van der Waals surface area contributed by atoms with Gasteiger partial charge in [-0.05, 0) is 55.7 Å². The molecule has 1 heterocycles. The number of nitrogens with zero attached hydrogens (tertiary/aromatic N) is 1. The Morgan fingerprint density at radius 2 is 1.57 bits per heavy atom. The van der Waals surface area contributed by atoms with Crippen molar-refractivity contribution in [3.05, 3.63) is 124 Å². The largest absolute Gasteiger partial charge is 0.465 e. The third kappa shape index (κ3) is 5.06. The van der Waals surface area contributed by atoms with E-state index in [1.165, 1.54) is 41.3 Å². The zero-order valence-electron chi connectivity index (χ0n) is 23.2. The topological polar surface area (TPSA) is 98.9 Å². The molecule has 3 unspecified atom stereocenters. The molecule has 0 saturated carbocycles. The number of carbonyl (C=O) groups is 3. The fourth-order valence-corrected chi connectivity index (χ4v) is 5.88. The molecule has 0 aromatic heterocycles. The zero-order chi connectivity index (χ0) is 30.0. The van der Waals surface area contributed by atoms with Crippen LogP contribution in [0.25, 0.3) is 0 Å². The number of hydrogen-bond acceptors (Lipinski definition) is 7. The van der Waals surface area contributed by atoms with Crippen molar-refractivity contribution in [1.29, 1.82) is 0 Å². The highest BCUT2D eigenvalue weighted by Gasteiger charge is 2.51. The molecule has 3 aromatic carbocycles. The number of ketones is 1. The fraction of sp³-hybridized carbons (Fsp3) is 0.242. The van der Waals surface area contributed by atoms with Crippen LogP contribution >= 0.6 is 0 Å². The highest BCUT2D eigenvalue weighted by molar-refractivity contribution is 6.14. The first-order valence-electron chi connectivity index (χ1n) is 13.7. The molecule has 42 heavy (non-hydrogen) atoms. The Balaban J connectivity index is 1.84. The molecule has 3 atom stereocenters. The summed E-state index contributed by atoms with van der Waals surface area (Å²) < 4.78 is 40.7. The molecule has 0 spiro atoms. The number of para-hydroxylation sites is 1. The molecule has 0 amide bonds. The second-order valence-electron chi connectivity index (χ2n) is 9.97. The van der Waals surface area contributed by atoms with E-state index in [4.69, 9.17) is 15.2 Å². The maximum Gasteiger partial charge on any atom is 0.338 e. The Morgan fingerprint density at radius 1 is 0.905 bits per heavy atom. The minimum absolute atomic E-state index is 0.00738. The van der Waals surface area contributed by atoms with Crippen LogP contribution in [-0.2, 0) is 23.9 Å². The van der Waals surface area contributed by atoms with Crippen molar-refractivity contribution >= 4 is 23.4 Å². The number of carbonyl (C=O) groups excluding carboxylic acids is 3. The second kappa shape index (κ2) is 12.0. The van der Waals surface area contributed by atoms with Gasteiger partial charge in [-0.3, -0.25) is 14.5 Å². The van der Waals surface area contributed by atoms with Gasteiger partial charge in [0.1, 0.15) is 23.4 Å². The van der Waals surface area contributed by atoms with Crippen molar-refractivity contribution in [2.75, 3.05) is 18.1 Å². The summed E-state index contributed by atoms with van der Waals surface area (Å²) in [5, 5.41) is 0. The quantitative estimate of drug-likeness (QED) is 0.295. The molecule has 1 aliphatic heterocycles. The predicted molar refractivity (Wildman–Crippen MR) is 152 cm³/mol. The number of benzene rings is 3. The number of halogens is 2. The molecular formula is C33H30F2N2O5. The van der Waals surface area contributed by atoms with Gasteiger partial charge in [-0.25, -0.2) is 13.6 Å². The smallest absolute Gasteiger partial charge is 0.338 e. The molecular weight excluding hydrogens is 542 g/mol. The lowest BCUT2D eigenvalue weighted by molar-refractivity contribution is -0.152. The van der Waals surface area contributed by atoms with E-state index in [1.54, 1.807) is 50.2 Å². The summed E-state index contributed by atoms with van der Waals surface area (Å²) in [5.74, 6) is -6.71. The Morgan fingerprint density at radius 3 is 2.24 bits per heavy atom. The minimum Gasteiger partial charge on any atom is -0.465 e. The molecule has 0 bridgehead atoms. The summed E-state index contributed by atoms with van der Waals surface area (Å²) in [6, 6.07) is 20.3. The van der Waals surface area contributed by atoms with E-state index in [0.717, 1.165) is 0 Å². The minimum atomic E-state index is -1.27. The summed E-state index contributed by atoms with van der Waals surface area (Å²) in [5.41, 5.74) is 7.86. The van der Waals surface area contributed by atoms with Gasteiger partial charge in [0, 0.05) is 17.2 Å². The van der Waals surface area contributed by atoms with Gasteiger partial charge in [0.2, 0.25) is 0 Å². The van der Waals surface area contributed by atoms with Crippen LogP contribution in [0.3, 0.4) is 0 Å². The third-order valence-electron chi connectivity index (χ3n) is 7.58. The molecule has 7 nitrogen and oxygen atoms in total. The van der Waals surface area contributed by atoms with Crippen LogP contribution in [-0.4, -0.2) is 30.9 Å². The molecule has 216 valence electrons. The molecule has 2 N–H and O–H groups in total. The van der Waals surface area contributed by atoms with Gasteiger partial charge in [-0.1, -0.05) is 54.6 Å². The molecule has 5 rings (SSSR count). The van der Waals surface area contributed by atoms with Gasteiger partial charge < -0.3 is 15.2 Å². The number of allylic oxidation sites excluding steroid dienone is 2. The van der Waals surface area contributed by atoms with Crippen molar-refractivity contribution in [2.24, 2.45) is 11.7 Å². The lowest BCUT2D eigenvalue weighted by Gasteiger charge is -2.44. The zero-order valence-corrected chi connectivity index (χ0v) is 23.2. The molecule has 2 aliphatic rings. The lowest BCUT2D eigenvalue weighted by atomic mass is 9.67. The molecule has 9 heteroatoms. The summed E-state index contributed by atoms with van der Waals surface area (Å²) >= 11 is 0. The Hall–Kier alpha value is -4.79. The third-order valence-corrected chi connectivity index (χ3v) is 7.58. The number of esters is 2. The Labute approximate surface area is 242 Å². The van der Waals surface area contributed by atoms with E-state index in [1.807, 2.05) is 6.07 Å². The maximum absolute atomic E-state index is 15.4. The van der Waals surface area contributed by atoms with Gasteiger partial charge in [0.15, 0.2) is 5.78 Å². The lowest BCUT2D eigenvalue weighted by Crippen LogP contribution is -2.46. The number of nitrogens with two attached hydrogens (primary N) is 1. The van der Waals surface area contributed by atoms with Crippen LogP contribution in [0.15, 0.2) is 102 Å². The highest BCUT2D eigenvalue weighted by atomic mass is 19.1. The maximum atomic E-state index is 15.4. The van der Waals surface area contributed by atoms with Crippen LogP contribution in [0.2, 0.25) is 0 Å². The van der Waals surface area contributed by atoms with Crippen molar-refractivity contribution in [2.45, 2.75) is 32.1 Å². The van der Waals surface area contributed by atoms with Gasteiger partial charge in [-0.2, -0.15) is 0 Å². The SMILES string of the molecule is CCOC(=O)C1=C(N)N(c2ccccc2F)C2=C(C(=O)C(C(=O)OCC)C(c3ccccc3)C2)C1c1cccc(F)c1. The van der Waals surface area contributed by atoms with E-state index in [-0.39, 0.29) is 47.9 Å². The summed E-state index contributed by atoms with van der Waals surface area (Å²) in [4.78, 5) is 42.9. The number of Topliss-reactive ketones (excluding diaryl/α,β-unsaturated/α-hetero) is 1. The van der Waals surface area contributed by atoms with Crippen molar-refractivity contribution < 1.29 is 32.6 Å². The van der Waals surface area contributed by atoms with Crippen molar-refractivity contribution in [3.8, 4) is 0 Å². The standard InChI is InChI=1S/C33H30F2N2O5/c1-3-41-32(39)27-22(19-11-6-5-7-12-19)18-25-28(30(27)38)26(20-13-10-14-21(34)17-20)29(33(40)42-4-2)31(36)37(25)24-16-9-8-15-23(24)35/h5-17,22,26-27H,3-4,18,36H2,1-2H3. The molecule has 0 saturated heterocycles. The van der Waals surface area contributed by atoms with Crippen molar-refractivity contribution in [1.82, 2.24) is 0 Å². The van der Waals surface area contributed by atoms with E-state index >= 15 is 4.39 Å². The first-order chi connectivity index (χ1) is 20.3. The van der Waals surface area contributed by atoms with Gasteiger partial charge in [-0.15, -0.1) is 0 Å². The first-order valence-corrected chi connectivity index (χ1v) is 13.7. The number of ether oxygens (including phenoxy) is 2. The molecule has 0 fully saturated rings. The molecule has 1 aliphatic carbocycles. The van der Waals surface area contributed by atoms with Crippen LogP contribution < -0.4 is 10.6 Å². The fourth-order valence-electron chi connectivity index (χ4n) is 5.88. The molecule has 3 aromatic rings. The van der Waals surface area contributed by atoms with Crippen LogP contribution in [0.5, 0.6) is 0 Å². The predicted octanol–water partition coefficient (Wildman–Crippen LogP) is 5.49. The number of anilines is 1. The second-order valence-corrected chi connectivity index (χ2v) is 9.97. The summed E-state index contributed by atoms with van der Waals surface area (Å²) in [6.45, 7) is 3.30. The Bertz CT molecular complexity index is 1600. The summed E-state index contributed by atoms with van der Waals surface area (Å²) in [7, 11) is 0. The summed E-state index contributed by atoms with van der Waals surface area (Å²) in [6.07, 6.45) is 0.0749. The van der Waals surface area contributed by atoms with Gasteiger partial charge in [0.25, 0.3) is 0 Å². The van der Waals surface area contributed by atoms with Gasteiger partial charge in [0.05, 0.1) is 30.4 Å². The molecule has 0 radical (unpaired) electrons. The average Bonchev–Trinajstić information content (AvgIpc) is 2.97. The van der Waals surface area contributed by atoms with E-state index in [0.29, 0.717) is 11.3 Å². The Kier molecular flexibility index (Phi) is 8.20. The van der Waals surface area contributed by atoms with Crippen LogP contribution in [0.4, 0.5) is 14.5 Å². The monoisotopic (exact) mass is 572 g/mol. The van der Waals surface area contributed by atoms with Crippen LogP contribution in [0.1, 0.15) is 43.2 Å². The number of rotatable bonds is 7. The number of hydrogen-bond donors (Lipinski definition) is 1. The normalized spacial score (nSPS) is 20.3. The van der Waals surface area contributed by atoms with E-state index in [9.17, 15) is 18.8 Å². The average molecular weight is 573 g/mol. The first kappa shape index (κ1) is 28.7. The van der Waals surface area contributed by atoms with E-state index < -0.39 is 47.1 Å².